The van der Waals surface area contributed by atoms with Gasteiger partial charge in [0.1, 0.15) is 17.5 Å². The summed E-state index contributed by atoms with van der Waals surface area (Å²) in [6, 6.07) is 4.18. The molecule has 0 aliphatic rings. The molecule has 0 fully saturated rings. The second-order valence-electron chi connectivity index (χ2n) is 4.80. The Hall–Kier alpha value is -1.62. The van der Waals surface area contributed by atoms with Gasteiger partial charge in [-0.15, -0.1) is 0 Å². The average Bonchev–Trinajstić information content (AvgIpc) is 2.92. The largest absolute Gasteiger partial charge is 0.370 e. The fourth-order valence-electron chi connectivity index (χ4n) is 2.02. The number of rotatable bonds is 7. The van der Waals surface area contributed by atoms with Crippen molar-refractivity contribution in [1.82, 2.24) is 9.97 Å². The van der Waals surface area contributed by atoms with Gasteiger partial charge in [-0.3, -0.25) is 0 Å². The molecule has 2 heterocycles. The van der Waals surface area contributed by atoms with Crippen LogP contribution in [0.25, 0.3) is 0 Å². The molecule has 2 rings (SSSR count). The molecule has 0 spiro atoms. The molecule has 4 nitrogen and oxygen atoms in total. The summed E-state index contributed by atoms with van der Waals surface area (Å²) in [7, 11) is 2.07. The minimum atomic E-state index is 0.871. The van der Waals surface area contributed by atoms with Gasteiger partial charge in [0, 0.05) is 32.6 Å². The van der Waals surface area contributed by atoms with Gasteiger partial charge in [0.2, 0.25) is 0 Å². The lowest BCUT2D eigenvalue weighted by molar-refractivity contribution is 0.813. The van der Waals surface area contributed by atoms with Crippen molar-refractivity contribution < 1.29 is 0 Å². The molecule has 0 atom stereocenters. The second-order valence-corrected chi connectivity index (χ2v) is 5.58. The highest BCUT2D eigenvalue weighted by Crippen LogP contribution is 2.18. The molecule has 2 aromatic heterocycles. The molecule has 0 aliphatic carbocycles. The van der Waals surface area contributed by atoms with Crippen molar-refractivity contribution in [2.45, 2.75) is 33.2 Å². The van der Waals surface area contributed by atoms with Crippen molar-refractivity contribution in [3.05, 3.63) is 34.3 Å². The highest BCUT2D eigenvalue weighted by atomic mass is 32.1. The zero-order valence-corrected chi connectivity index (χ0v) is 13.2. The van der Waals surface area contributed by atoms with Gasteiger partial charge in [-0.1, -0.05) is 6.92 Å². The Kier molecular flexibility index (Phi) is 5.35. The predicted molar refractivity (Wildman–Crippen MR) is 86.6 cm³/mol. The summed E-state index contributed by atoms with van der Waals surface area (Å²) in [6.45, 7) is 5.97. The van der Waals surface area contributed by atoms with Crippen LogP contribution in [0.4, 0.5) is 11.6 Å². The molecule has 20 heavy (non-hydrogen) atoms. The van der Waals surface area contributed by atoms with Crippen LogP contribution in [0.3, 0.4) is 0 Å². The van der Waals surface area contributed by atoms with Crippen LogP contribution in [-0.2, 0) is 13.0 Å². The standard InChI is InChI=1S/C15H22N4S/c1-4-6-13-17-14(16-5-2)9-15(18-13)19(3)10-12-7-8-20-11-12/h7-9,11H,4-6,10H2,1-3H3,(H,16,17,18). The molecule has 0 radical (unpaired) electrons. The maximum absolute atomic E-state index is 4.66. The smallest absolute Gasteiger partial charge is 0.134 e. The summed E-state index contributed by atoms with van der Waals surface area (Å²) < 4.78 is 0. The Balaban J connectivity index is 2.19. The molecule has 1 N–H and O–H groups in total. The summed E-state index contributed by atoms with van der Waals surface area (Å²) >= 11 is 1.73. The third-order valence-corrected chi connectivity index (χ3v) is 3.71. The lowest BCUT2D eigenvalue weighted by Gasteiger charge is -2.19. The lowest BCUT2D eigenvalue weighted by Crippen LogP contribution is -2.19. The van der Waals surface area contributed by atoms with E-state index in [1.54, 1.807) is 11.3 Å². The summed E-state index contributed by atoms with van der Waals surface area (Å²) in [5.41, 5.74) is 1.32. The highest BCUT2D eigenvalue weighted by molar-refractivity contribution is 7.07. The van der Waals surface area contributed by atoms with E-state index in [2.05, 4.69) is 57.9 Å². The molecule has 0 saturated heterocycles. The molecule has 5 heteroatoms. The van der Waals surface area contributed by atoms with Crippen LogP contribution in [0, 0.1) is 0 Å². The number of aryl methyl sites for hydroxylation is 1. The summed E-state index contributed by atoms with van der Waals surface area (Å²) in [5, 5.41) is 7.57. The van der Waals surface area contributed by atoms with Gasteiger partial charge in [0.25, 0.3) is 0 Å². The minimum absolute atomic E-state index is 0.871. The summed E-state index contributed by atoms with van der Waals surface area (Å²) in [4.78, 5) is 11.4. The van der Waals surface area contributed by atoms with Gasteiger partial charge in [0.15, 0.2) is 0 Å². The topological polar surface area (TPSA) is 41.1 Å². The average molecular weight is 290 g/mol. The van der Waals surface area contributed by atoms with E-state index in [9.17, 15) is 0 Å². The van der Waals surface area contributed by atoms with Crippen LogP contribution < -0.4 is 10.2 Å². The van der Waals surface area contributed by atoms with Crippen LogP contribution >= 0.6 is 11.3 Å². The van der Waals surface area contributed by atoms with Gasteiger partial charge in [0.05, 0.1) is 0 Å². The third-order valence-electron chi connectivity index (χ3n) is 2.98. The molecule has 108 valence electrons. The zero-order chi connectivity index (χ0) is 14.4. The third kappa shape index (κ3) is 3.93. The van der Waals surface area contributed by atoms with Gasteiger partial charge in [-0.25, -0.2) is 9.97 Å². The molecular weight excluding hydrogens is 268 g/mol. The monoisotopic (exact) mass is 290 g/mol. The molecule has 0 saturated carbocycles. The van der Waals surface area contributed by atoms with Crippen molar-refractivity contribution in [1.29, 1.82) is 0 Å². The van der Waals surface area contributed by atoms with Gasteiger partial charge in [-0.2, -0.15) is 11.3 Å². The van der Waals surface area contributed by atoms with Crippen molar-refractivity contribution in [3.8, 4) is 0 Å². The van der Waals surface area contributed by atoms with Gasteiger partial charge in [-0.05, 0) is 35.7 Å². The summed E-state index contributed by atoms with van der Waals surface area (Å²) in [6.07, 6.45) is 1.97. The SMILES string of the molecule is CCCc1nc(NCC)cc(N(C)Cc2ccsc2)n1. The first-order chi connectivity index (χ1) is 9.72. The number of hydrogen-bond donors (Lipinski definition) is 1. The van der Waals surface area contributed by atoms with Crippen LogP contribution in [0.15, 0.2) is 22.9 Å². The van der Waals surface area contributed by atoms with E-state index >= 15 is 0 Å². The number of nitrogens with one attached hydrogen (secondary N) is 1. The van der Waals surface area contributed by atoms with Gasteiger partial charge < -0.3 is 10.2 Å². The molecule has 0 aliphatic heterocycles. The van der Waals surface area contributed by atoms with E-state index in [0.29, 0.717) is 0 Å². The van der Waals surface area contributed by atoms with Crippen LogP contribution in [-0.4, -0.2) is 23.6 Å². The number of hydrogen-bond acceptors (Lipinski definition) is 5. The quantitative estimate of drug-likeness (QED) is 0.846. The van der Waals surface area contributed by atoms with Crippen molar-refractivity contribution in [2.24, 2.45) is 0 Å². The first-order valence-corrected chi connectivity index (χ1v) is 8.01. The second kappa shape index (κ2) is 7.24. The van der Waals surface area contributed by atoms with E-state index in [-0.39, 0.29) is 0 Å². The van der Waals surface area contributed by atoms with Crippen molar-refractivity contribution in [2.75, 3.05) is 23.8 Å². The van der Waals surface area contributed by atoms with E-state index in [1.165, 1.54) is 5.56 Å². The first kappa shape index (κ1) is 14.8. The Morgan fingerprint density at radius 1 is 1.30 bits per heavy atom. The molecule has 0 bridgehead atoms. The normalized spacial score (nSPS) is 10.6. The Morgan fingerprint density at radius 3 is 2.80 bits per heavy atom. The number of nitrogens with zero attached hydrogens (tertiary/aromatic N) is 3. The molecule has 0 amide bonds. The number of anilines is 2. The van der Waals surface area contributed by atoms with Crippen molar-refractivity contribution in [3.63, 3.8) is 0 Å². The van der Waals surface area contributed by atoms with Crippen LogP contribution in [0.2, 0.25) is 0 Å². The molecule has 2 aromatic rings. The number of thiophene rings is 1. The maximum Gasteiger partial charge on any atom is 0.134 e. The Labute approximate surface area is 124 Å². The molecular formula is C15H22N4S. The summed E-state index contributed by atoms with van der Waals surface area (Å²) in [5.74, 6) is 2.81. The minimum Gasteiger partial charge on any atom is -0.370 e. The van der Waals surface area contributed by atoms with E-state index < -0.39 is 0 Å². The van der Waals surface area contributed by atoms with Gasteiger partial charge >= 0.3 is 0 Å². The lowest BCUT2D eigenvalue weighted by atomic mass is 10.3. The Morgan fingerprint density at radius 2 is 2.15 bits per heavy atom. The fraction of sp³-hybridized carbons (Fsp3) is 0.467. The van der Waals surface area contributed by atoms with E-state index in [0.717, 1.165) is 43.4 Å². The molecule has 0 unspecified atom stereocenters. The number of aromatic nitrogens is 2. The Bertz CT molecular complexity index is 500. The van der Waals surface area contributed by atoms with E-state index in [4.69, 9.17) is 0 Å². The van der Waals surface area contributed by atoms with Crippen molar-refractivity contribution >= 4 is 23.0 Å². The van der Waals surface area contributed by atoms with E-state index in [1.807, 2.05) is 6.07 Å². The highest BCUT2D eigenvalue weighted by Gasteiger charge is 2.09. The maximum atomic E-state index is 4.66. The predicted octanol–water partition coefficient (Wildman–Crippen LogP) is 3.56. The van der Waals surface area contributed by atoms with Crippen LogP contribution in [0.1, 0.15) is 31.7 Å². The molecule has 0 aromatic carbocycles. The zero-order valence-electron chi connectivity index (χ0n) is 12.4. The first-order valence-electron chi connectivity index (χ1n) is 7.07. The van der Waals surface area contributed by atoms with Crippen LogP contribution in [0.5, 0.6) is 0 Å². The fourth-order valence-corrected chi connectivity index (χ4v) is 2.68.